The highest BCUT2D eigenvalue weighted by Crippen LogP contribution is 2.24. The Balaban J connectivity index is 2.12. The summed E-state index contributed by atoms with van der Waals surface area (Å²) in [4.78, 5) is 13.0. The molecule has 2 rings (SSSR count). The summed E-state index contributed by atoms with van der Waals surface area (Å²) in [7, 11) is -3.73. The van der Waals surface area contributed by atoms with Crippen LogP contribution in [0.4, 0.5) is 0 Å². The Morgan fingerprint density at radius 2 is 1.77 bits per heavy atom. The largest absolute Gasteiger partial charge is 0.352 e. The summed E-state index contributed by atoms with van der Waals surface area (Å²) in [5.74, 6) is 0.421. The molecule has 1 fully saturated rings. The molecule has 0 radical (unpaired) electrons. The molecule has 1 amide bonds. The van der Waals surface area contributed by atoms with Crippen LogP contribution in [0, 0.1) is 18.8 Å². The van der Waals surface area contributed by atoms with Gasteiger partial charge in [-0.3, -0.25) is 4.79 Å². The topological polar surface area (TPSA) is 75.3 Å². The first kappa shape index (κ1) is 20.9. The number of amides is 1. The third-order valence-electron chi connectivity index (χ3n) is 5.09. The molecular formula is C20H32N2O3S. The molecule has 0 aliphatic heterocycles. The lowest BCUT2D eigenvalue weighted by Crippen LogP contribution is -2.51. The van der Waals surface area contributed by atoms with E-state index in [9.17, 15) is 13.2 Å². The van der Waals surface area contributed by atoms with Crippen LogP contribution in [0.15, 0.2) is 29.2 Å². The Morgan fingerprint density at radius 1 is 1.15 bits per heavy atom. The van der Waals surface area contributed by atoms with E-state index in [-0.39, 0.29) is 22.8 Å². The monoisotopic (exact) mass is 380 g/mol. The summed E-state index contributed by atoms with van der Waals surface area (Å²) < 4.78 is 28.0. The predicted molar refractivity (Wildman–Crippen MR) is 104 cm³/mol. The van der Waals surface area contributed by atoms with Gasteiger partial charge in [0.15, 0.2) is 0 Å². The van der Waals surface area contributed by atoms with Crippen molar-refractivity contribution in [3.05, 3.63) is 29.8 Å². The molecule has 0 heterocycles. The normalized spacial score (nSPS) is 22.2. The van der Waals surface area contributed by atoms with E-state index in [2.05, 4.69) is 17.0 Å². The zero-order valence-corrected chi connectivity index (χ0v) is 17.1. The summed E-state index contributed by atoms with van der Waals surface area (Å²) in [5, 5.41) is 3.09. The van der Waals surface area contributed by atoms with E-state index >= 15 is 0 Å². The highest BCUT2D eigenvalue weighted by molar-refractivity contribution is 7.89. The standard InChI is InChI=1S/C20H32N2O3S/c1-14(2)13-19(20(23)21-18-8-6-5-7-16(18)4)22-26(24,25)17-11-9-15(3)10-12-17/h9-12,14,16,18-19,22H,5-8,13H2,1-4H3,(H,21,23)/t16-,18-,19+/m1/s1. The molecular weight excluding hydrogens is 348 g/mol. The van der Waals surface area contributed by atoms with E-state index in [1.54, 1.807) is 24.3 Å². The second kappa shape index (κ2) is 9.00. The van der Waals surface area contributed by atoms with E-state index in [1.807, 2.05) is 20.8 Å². The van der Waals surface area contributed by atoms with Gasteiger partial charge in [-0.2, -0.15) is 4.72 Å². The third-order valence-corrected chi connectivity index (χ3v) is 6.58. The second-order valence-corrected chi connectivity index (χ2v) is 9.71. The number of carbonyl (C=O) groups is 1. The van der Waals surface area contributed by atoms with E-state index < -0.39 is 16.1 Å². The molecule has 1 aliphatic rings. The average Bonchev–Trinajstić information content (AvgIpc) is 2.56. The number of hydrogen-bond acceptors (Lipinski definition) is 3. The molecule has 146 valence electrons. The molecule has 26 heavy (non-hydrogen) atoms. The number of nitrogens with one attached hydrogen (secondary N) is 2. The number of carbonyl (C=O) groups excluding carboxylic acids is 1. The first-order valence-corrected chi connectivity index (χ1v) is 11.1. The van der Waals surface area contributed by atoms with Crippen LogP contribution in [0.1, 0.15) is 58.4 Å². The molecule has 5 nitrogen and oxygen atoms in total. The number of sulfonamides is 1. The van der Waals surface area contributed by atoms with E-state index in [0.717, 1.165) is 24.8 Å². The summed E-state index contributed by atoms with van der Waals surface area (Å²) in [6.45, 7) is 8.04. The maximum atomic E-state index is 12.8. The Bertz CT molecular complexity index is 698. The first-order valence-electron chi connectivity index (χ1n) is 9.58. The SMILES string of the molecule is Cc1ccc(S(=O)(=O)N[C@@H](CC(C)C)C(=O)N[C@@H]2CCCC[C@H]2C)cc1. The summed E-state index contributed by atoms with van der Waals surface area (Å²) >= 11 is 0. The molecule has 1 saturated carbocycles. The lowest BCUT2D eigenvalue weighted by Gasteiger charge is -2.31. The zero-order chi connectivity index (χ0) is 19.3. The van der Waals surface area contributed by atoms with E-state index in [1.165, 1.54) is 6.42 Å². The van der Waals surface area contributed by atoms with Crippen molar-refractivity contribution >= 4 is 15.9 Å². The molecule has 0 unspecified atom stereocenters. The Morgan fingerprint density at radius 3 is 2.35 bits per heavy atom. The van der Waals surface area contributed by atoms with Crippen LogP contribution in [-0.2, 0) is 14.8 Å². The van der Waals surface area contributed by atoms with Gasteiger partial charge in [-0.15, -0.1) is 0 Å². The lowest BCUT2D eigenvalue weighted by atomic mass is 9.85. The quantitative estimate of drug-likeness (QED) is 0.761. The summed E-state index contributed by atoms with van der Waals surface area (Å²) in [6.07, 6.45) is 4.85. The Kier molecular flexibility index (Phi) is 7.24. The van der Waals surface area contributed by atoms with Gasteiger partial charge in [0.2, 0.25) is 15.9 Å². The highest BCUT2D eigenvalue weighted by Gasteiger charge is 2.30. The van der Waals surface area contributed by atoms with Crippen LogP contribution < -0.4 is 10.0 Å². The summed E-state index contributed by atoms with van der Waals surface area (Å²) in [6, 6.07) is 6.05. The smallest absolute Gasteiger partial charge is 0.241 e. The van der Waals surface area contributed by atoms with Gasteiger partial charge in [0, 0.05) is 6.04 Å². The molecule has 3 atom stereocenters. The fraction of sp³-hybridized carbons (Fsp3) is 0.650. The second-order valence-electron chi connectivity index (χ2n) is 7.99. The van der Waals surface area contributed by atoms with Crippen LogP contribution in [0.25, 0.3) is 0 Å². The van der Waals surface area contributed by atoms with Crippen molar-refractivity contribution in [3.63, 3.8) is 0 Å². The van der Waals surface area contributed by atoms with Crippen LogP contribution in [0.3, 0.4) is 0 Å². The van der Waals surface area contributed by atoms with Crippen LogP contribution in [0.2, 0.25) is 0 Å². The van der Waals surface area contributed by atoms with Crippen LogP contribution in [-0.4, -0.2) is 26.4 Å². The third kappa shape index (κ3) is 5.81. The number of benzene rings is 1. The summed E-state index contributed by atoms with van der Waals surface area (Å²) in [5.41, 5.74) is 0.992. The van der Waals surface area contributed by atoms with Crippen molar-refractivity contribution in [2.45, 2.75) is 76.8 Å². The van der Waals surface area contributed by atoms with Gasteiger partial charge in [-0.1, -0.05) is 51.3 Å². The number of hydrogen-bond donors (Lipinski definition) is 2. The van der Waals surface area contributed by atoms with Gasteiger partial charge >= 0.3 is 0 Å². The first-order chi connectivity index (χ1) is 12.2. The van der Waals surface area contributed by atoms with Gasteiger partial charge in [-0.05, 0) is 50.2 Å². The van der Waals surface area contributed by atoms with Gasteiger partial charge in [0.1, 0.15) is 6.04 Å². The Labute approximate surface area is 158 Å². The lowest BCUT2D eigenvalue weighted by molar-refractivity contribution is -0.124. The highest BCUT2D eigenvalue weighted by atomic mass is 32.2. The minimum absolute atomic E-state index is 0.134. The van der Waals surface area contributed by atoms with E-state index in [4.69, 9.17) is 0 Å². The van der Waals surface area contributed by atoms with Crippen molar-refractivity contribution in [2.24, 2.45) is 11.8 Å². The van der Waals surface area contributed by atoms with E-state index in [0.29, 0.717) is 12.3 Å². The minimum atomic E-state index is -3.73. The Hall–Kier alpha value is -1.40. The molecule has 0 bridgehead atoms. The predicted octanol–water partition coefficient (Wildman–Crippen LogP) is 3.38. The van der Waals surface area contributed by atoms with Gasteiger partial charge in [-0.25, -0.2) is 8.42 Å². The zero-order valence-electron chi connectivity index (χ0n) is 16.3. The van der Waals surface area contributed by atoms with Crippen LogP contribution in [0.5, 0.6) is 0 Å². The molecule has 0 aromatic heterocycles. The number of rotatable bonds is 7. The molecule has 0 spiro atoms. The molecule has 0 saturated heterocycles. The molecule has 1 aromatic carbocycles. The fourth-order valence-corrected chi connectivity index (χ4v) is 4.68. The van der Waals surface area contributed by atoms with Crippen molar-refractivity contribution in [1.29, 1.82) is 0 Å². The molecule has 1 aliphatic carbocycles. The fourth-order valence-electron chi connectivity index (χ4n) is 3.47. The molecule has 2 N–H and O–H groups in total. The van der Waals surface area contributed by atoms with Gasteiger partial charge in [0.25, 0.3) is 0 Å². The average molecular weight is 381 g/mol. The van der Waals surface area contributed by atoms with Crippen molar-refractivity contribution < 1.29 is 13.2 Å². The minimum Gasteiger partial charge on any atom is -0.352 e. The maximum Gasteiger partial charge on any atom is 0.241 e. The van der Waals surface area contributed by atoms with Crippen LogP contribution >= 0.6 is 0 Å². The van der Waals surface area contributed by atoms with Crippen molar-refractivity contribution in [2.75, 3.05) is 0 Å². The number of aryl methyl sites for hydroxylation is 1. The molecule has 1 aromatic rings. The van der Waals surface area contributed by atoms with Crippen molar-refractivity contribution in [3.8, 4) is 0 Å². The van der Waals surface area contributed by atoms with Gasteiger partial charge < -0.3 is 5.32 Å². The maximum absolute atomic E-state index is 12.8. The van der Waals surface area contributed by atoms with Gasteiger partial charge in [0.05, 0.1) is 4.90 Å². The van der Waals surface area contributed by atoms with Crippen molar-refractivity contribution in [1.82, 2.24) is 10.0 Å². The molecule has 6 heteroatoms.